The molecule has 1 aromatic heterocycles. The molecule has 2 aromatic rings. The molecule has 0 bridgehead atoms. The summed E-state index contributed by atoms with van der Waals surface area (Å²) in [6.07, 6.45) is 0.644. The summed E-state index contributed by atoms with van der Waals surface area (Å²) in [5, 5.41) is 7.74. The molecular formula is C15H19FN4O3S. The zero-order valence-electron chi connectivity index (χ0n) is 13.4. The summed E-state index contributed by atoms with van der Waals surface area (Å²) in [6.45, 7) is 4.56. The highest BCUT2D eigenvalue weighted by Crippen LogP contribution is 2.18. The first-order valence-electron chi connectivity index (χ1n) is 7.72. The maximum atomic E-state index is 13.0. The minimum Gasteiger partial charge on any atom is -0.426 e. The average Bonchev–Trinajstić information content (AvgIpc) is 2.99. The number of nitrogens with zero attached hydrogens (tertiary/aromatic N) is 4. The van der Waals surface area contributed by atoms with Crippen LogP contribution < -0.4 is 0 Å². The van der Waals surface area contributed by atoms with Crippen LogP contribution in [0.4, 0.5) is 4.39 Å². The number of aryl methyl sites for hydroxylation is 1. The zero-order chi connectivity index (χ0) is 17.2. The van der Waals surface area contributed by atoms with Gasteiger partial charge in [-0.1, -0.05) is 0 Å². The fourth-order valence-corrected chi connectivity index (χ4v) is 4.06. The number of hydrogen-bond donors (Lipinski definition) is 0. The third kappa shape index (κ3) is 3.80. The molecule has 1 saturated heterocycles. The Morgan fingerprint density at radius 3 is 2.38 bits per heavy atom. The van der Waals surface area contributed by atoms with Gasteiger partial charge in [-0.15, -0.1) is 10.2 Å². The zero-order valence-corrected chi connectivity index (χ0v) is 14.2. The highest BCUT2D eigenvalue weighted by atomic mass is 32.2. The lowest BCUT2D eigenvalue weighted by Gasteiger charge is -2.33. The van der Waals surface area contributed by atoms with Crippen molar-refractivity contribution in [3.63, 3.8) is 0 Å². The van der Waals surface area contributed by atoms with Gasteiger partial charge < -0.3 is 9.32 Å². The second-order valence-corrected chi connectivity index (χ2v) is 7.60. The van der Waals surface area contributed by atoms with E-state index < -0.39 is 15.8 Å². The molecule has 24 heavy (non-hydrogen) atoms. The molecule has 7 nitrogen and oxygen atoms in total. The summed E-state index contributed by atoms with van der Waals surface area (Å²) < 4.78 is 44.8. The third-order valence-electron chi connectivity index (χ3n) is 3.99. The predicted octanol–water partition coefficient (Wildman–Crippen LogP) is 1.07. The molecule has 1 aliphatic heterocycles. The van der Waals surface area contributed by atoms with Crippen LogP contribution in [0.2, 0.25) is 0 Å². The van der Waals surface area contributed by atoms with Gasteiger partial charge >= 0.3 is 0 Å². The first kappa shape index (κ1) is 17.0. The molecule has 0 amide bonds. The Kier molecular flexibility index (Phi) is 4.93. The molecule has 1 aliphatic rings. The molecule has 3 rings (SSSR count). The molecule has 0 atom stereocenters. The molecule has 1 fully saturated rings. The highest BCUT2D eigenvalue weighted by molar-refractivity contribution is 7.89. The second kappa shape index (κ2) is 6.96. The van der Waals surface area contributed by atoms with E-state index in [1.54, 1.807) is 6.92 Å². The monoisotopic (exact) mass is 354 g/mol. The quantitative estimate of drug-likeness (QED) is 0.799. The van der Waals surface area contributed by atoms with Gasteiger partial charge in [-0.25, -0.2) is 12.8 Å². The van der Waals surface area contributed by atoms with Crippen molar-refractivity contribution in [2.45, 2.75) is 18.2 Å². The van der Waals surface area contributed by atoms with Crippen LogP contribution in [0.5, 0.6) is 0 Å². The average molecular weight is 354 g/mol. The third-order valence-corrected chi connectivity index (χ3v) is 5.91. The SMILES string of the molecule is Cc1nnc(CCN2CCN(S(=O)(=O)c3ccc(F)cc3)CC2)o1. The number of hydrogen-bond acceptors (Lipinski definition) is 6. The first-order valence-corrected chi connectivity index (χ1v) is 9.16. The van der Waals surface area contributed by atoms with Crippen molar-refractivity contribution in [2.75, 3.05) is 32.7 Å². The lowest BCUT2D eigenvalue weighted by Crippen LogP contribution is -2.49. The van der Waals surface area contributed by atoms with Gasteiger partial charge in [0.25, 0.3) is 0 Å². The summed E-state index contributed by atoms with van der Waals surface area (Å²) in [6, 6.07) is 4.93. The van der Waals surface area contributed by atoms with E-state index in [0.29, 0.717) is 44.4 Å². The fraction of sp³-hybridized carbons (Fsp3) is 0.467. The van der Waals surface area contributed by atoms with Gasteiger partial charge in [-0.2, -0.15) is 4.31 Å². The Morgan fingerprint density at radius 2 is 1.79 bits per heavy atom. The topological polar surface area (TPSA) is 79.5 Å². The van der Waals surface area contributed by atoms with Gasteiger partial charge in [0.1, 0.15) is 5.82 Å². The first-order chi connectivity index (χ1) is 11.4. The van der Waals surface area contributed by atoms with Crippen LogP contribution in [0, 0.1) is 12.7 Å². The number of aromatic nitrogens is 2. The Labute approximate surface area is 140 Å². The van der Waals surface area contributed by atoms with Crippen molar-refractivity contribution in [1.82, 2.24) is 19.4 Å². The number of halogens is 1. The maximum absolute atomic E-state index is 13.0. The molecule has 130 valence electrons. The second-order valence-electron chi connectivity index (χ2n) is 5.66. The number of sulfonamides is 1. The Balaban J connectivity index is 1.55. The summed E-state index contributed by atoms with van der Waals surface area (Å²) >= 11 is 0. The summed E-state index contributed by atoms with van der Waals surface area (Å²) in [5.41, 5.74) is 0. The smallest absolute Gasteiger partial charge is 0.243 e. The molecular weight excluding hydrogens is 335 g/mol. The van der Waals surface area contributed by atoms with E-state index in [-0.39, 0.29) is 4.90 Å². The highest BCUT2D eigenvalue weighted by Gasteiger charge is 2.28. The summed E-state index contributed by atoms with van der Waals surface area (Å²) in [4.78, 5) is 2.29. The van der Waals surface area contributed by atoms with Crippen LogP contribution in [0.3, 0.4) is 0 Å². The van der Waals surface area contributed by atoms with Crippen molar-refractivity contribution >= 4 is 10.0 Å². The van der Waals surface area contributed by atoms with Gasteiger partial charge in [-0.05, 0) is 24.3 Å². The lowest BCUT2D eigenvalue weighted by atomic mass is 10.3. The summed E-state index contributed by atoms with van der Waals surface area (Å²) in [5.74, 6) is 0.684. The number of piperazine rings is 1. The molecule has 1 aromatic carbocycles. The Hall–Kier alpha value is -1.84. The lowest BCUT2D eigenvalue weighted by molar-refractivity contribution is 0.186. The van der Waals surface area contributed by atoms with Crippen molar-refractivity contribution in [3.05, 3.63) is 41.9 Å². The fourth-order valence-electron chi connectivity index (χ4n) is 2.64. The van der Waals surface area contributed by atoms with Crippen molar-refractivity contribution in [3.8, 4) is 0 Å². The van der Waals surface area contributed by atoms with Crippen molar-refractivity contribution in [2.24, 2.45) is 0 Å². The Morgan fingerprint density at radius 1 is 1.12 bits per heavy atom. The van der Waals surface area contributed by atoms with E-state index in [4.69, 9.17) is 4.42 Å². The van der Waals surface area contributed by atoms with Crippen LogP contribution in [0.1, 0.15) is 11.8 Å². The van der Waals surface area contributed by atoms with E-state index in [2.05, 4.69) is 15.1 Å². The van der Waals surface area contributed by atoms with Crippen LogP contribution >= 0.6 is 0 Å². The molecule has 0 unspecified atom stereocenters. The molecule has 0 N–H and O–H groups in total. The van der Waals surface area contributed by atoms with Crippen LogP contribution in [0.15, 0.2) is 33.6 Å². The maximum Gasteiger partial charge on any atom is 0.243 e. The minimum atomic E-state index is -3.57. The predicted molar refractivity (Wildman–Crippen MR) is 84.3 cm³/mol. The van der Waals surface area contributed by atoms with E-state index in [1.165, 1.54) is 16.4 Å². The normalized spacial score (nSPS) is 17.2. The molecule has 0 radical (unpaired) electrons. The minimum absolute atomic E-state index is 0.124. The molecule has 0 saturated carbocycles. The van der Waals surface area contributed by atoms with E-state index >= 15 is 0 Å². The molecule has 0 spiro atoms. The van der Waals surface area contributed by atoms with Crippen LogP contribution in [0.25, 0.3) is 0 Å². The van der Waals surface area contributed by atoms with Gasteiger partial charge in [-0.3, -0.25) is 0 Å². The Bertz CT molecular complexity index is 783. The van der Waals surface area contributed by atoms with Gasteiger partial charge in [0.05, 0.1) is 4.90 Å². The standard InChI is InChI=1S/C15H19FN4O3S/c1-12-17-18-15(23-12)6-7-19-8-10-20(11-9-19)24(21,22)14-4-2-13(16)3-5-14/h2-5H,6-11H2,1H3. The van der Waals surface area contributed by atoms with Crippen LogP contribution in [-0.4, -0.2) is 60.5 Å². The van der Waals surface area contributed by atoms with E-state index in [0.717, 1.165) is 18.7 Å². The molecule has 0 aliphatic carbocycles. The summed E-state index contributed by atoms with van der Waals surface area (Å²) in [7, 11) is -3.57. The molecule has 2 heterocycles. The number of benzene rings is 1. The molecule has 9 heteroatoms. The number of rotatable bonds is 5. The van der Waals surface area contributed by atoms with E-state index in [9.17, 15) is 12.8 Å². The van der Waals surface area contributed by atoms with Gasteiger partial charge in [0.2, 0.25) is 21.8 Å². The van der Waals surface area contributed by atoms with Gasteiger partial charge in [0.15, 0.2) is 0 Å². The van der Waals surface area contributed by atoms with Crippen molar-refractivity contribution < 1.29 is 17.2 Å². The van der Waals surface area contributed by atoms with Gasteiger partial charge in [0, 0.05) is 46.1 Å². The van der Waals surface area contributed by atoms with Crippen LogP contribution in [-0.2, 0) is 16.4 Å². The van der Waals surface area contributed by atoms with E-state index in [1.807, 2.05) is 0 Å². The largest absolute Gasteiger partial charge is 0.426 e. The van der Waals surface area contributed by atoms with Crippen molar-refractivity contribution in [1.29, 1.82) is 0 Å².